The number of hydrogen-bond acceptors (Lipinski definition) is 2. The first-order chi connectivity index (χ1) is 5.91. The molecule has 0 spiro atoms. The molecule has 13 heavy (non-hydrogen) atoms. The van der Waals surface area contributed by atoms with E-state index in [4.69, 9.17) is 5.73 Å². The molecule has 0 atom stereocenters. The first-order valence-corrected chi connectivity index (χ1v) is 4.65. The standard InChI is InChI=1S/C10H18N2O/c1-10(2,3)12-6-4-8(5-7-12)9(11)13/h4H,5-7H2,1-3H3,(H2,11,13). The van der Waals surface area contributed by atoms with Crippen LogP contribution in [0, 0.1) is 0 Å². The second-order valence-corrected chi connectivity index (χ2v) is 4.46. The van der Waals surface area contributed by atoms with Gasteiger partial charge in [0, 0.05) is 24.2 Å². The molecule has 2 N–H and O–H groups in total. The molecule has 0 saturated carbocycles. The van der Waals surface area contributed by atoms with Gasteiger partial charge in [0.2, 0.25) is 5.91 Å². The molecular weight excluding hydrogens is 164 g/mol. The van der Waals surface area contributed by atoms with Gasteiger partial charge in [-0.3, -0.25) is 9.69 Å². The van der Waals surface area contributed by atoms with E-state index >= 15 is 0 Å². The highest BCUT2D eigenvalue weighted by atomic mass is 16.1. The number of primary amides is 1. The Labute approximate surface area is 79.6 Å². The maximum absolute atomic E-state index is 10.8. The van der Waals surface area contributed by atoms with Crippen LogP contribution in [-0.2, 0) is 4.79 Å². The van der Waals surface area contributed by atoms with Crippen molar-refractivity contribution in [1.82, 2.24) is 4.90 Å². The van der Waals surface area contributed by atoms with Gasteiger partial charge in [0.1, 0.15) is 0 Å². The lowest BCUT2D eigenvalue weighted by molar-refractivity contribution is -0.114. The fourth-order valence-corrected chi connectivity index (χ4v) is 1.50. The highest BCUT2D eigenvalue weighted by Gasteiger charge is 2.23. The van der Waals surface area contributed by atoms with Crippen molar-refractivity contribution in [3.63, 3.8) is 0 Å². The molecule has 1 rings (SSSR count). The molecule has 0 fully saturated rings. The highest BCUT2D eigenvalue weighted by Crippen LogP contribution is 2.19. The maximum Gasteiger partial charge on any atom is 0.244 e. The molecule has 0 aromatic heterocycles. The van der Waals surface area contributed by atoms with Crippen LogP contribution in [-0.4, -0.2) is 29.4 Å². The van der Waals surface area contributed by atoms with Crippen LogP contribution in [0.4, 0.5) is 0 Å². The Morgan fingerprint density at radius 1 is 1.54 bits per heavy atom. The summed E-state index contributed by atoms with van der Waals surface area (Å²) >= 11 is 0. The van der Waals surface area contributed by atoms with Crippen LogP contribution in [0.3, 0.4) is 0 Å². The molecule has 1 heterocycles. The van der Waals surface area contributed by atoms with Crippen LogP contribution in [0.25, 0.3) is 0 Å². The number of rotatable bonds is 1. The van der Waals surface area contributed by atoms with Crippen LogP contribution >= 0.6 is 0 Å². The SMILES string of the molecule is CC(C)(C)N1CC=C(C(N)=O)CC1. The van der Waals surface area contributed by atoms with Crippen molar-refractivity contribution in [3.05, 3.63) is 11.6 Å². The molecule has 0 aromatic carbocycles. The third-order valence-corrected chi connectivity index (χ3v) is 2.47. The van der Waals surface area contributed by atoms with Crippen molar-refractivity contribution in [3.8, 4) is 0 Å². The normalized spacial score (nSPS) is 19.8. The van der Waals surface area contributed by atoms with Crippen LogP contribution in [0.1, 0.15) is 27.2 Å². The monoisotopic (exact) mass is 182 g/mol. The zero-order valence-corrected chi connectivity index (χ0v) is 8.63. The van der Waals surface area contributed by atoms with Crippen molar-refractivity contribution >= 4 is 5.91 Å². The second-order valence-electron chi connectivity index (χ2n) is 4.46. The van der Waals surface area contributed by atoms with Crippen molar-refractivity contribution in [2.75, 3.05) is 13.1 Å². The van der Waals surface area contributed by atoms with Gasteiger partial charge in [0.15, 0.2) is 0 Å². The molecule has 1 aliphatic rings. The van der Waals surface area contributed by atoms with Crippen molar-refractivity contribution < 1.29 is 4.79 Å². The van der Waals surface area contributed by atoms with Crippen LogP contribution in [0.5, 0.6) is 0 Å². The second kappa shape index (κ2) is 3.50. The summed E-state index contributed by atoms with van der Waals surface area (Å²) < 4.78 is 0. The summed E-state index contributed by atoms with van der Waals surface area (Å²) in [7, 11) is 0. The zero-order valence-electron chi connectivity index (χ0n) is 8.63. The number of amides is 1. The Morgan fingerprint density at radius 2 is 2.15 bits per heavy atom. The molecule has 3 nitrogen and oxygen atoms in total. The van der Waals surface area contributed by atoms with Gasteiger partial charge in [-0.1, -0.05) is 6.08 Å². The fourth-order valence-electron chi connectivity index (χ4n) is 1.50. The summed E-state index contributed by atoms with van der Waals surface area (Å²) in [6, 6.07) is 0. The Morgan fingerprint density at radius 3 is 2.46 bits per heavy atom. The maximum atomic E-state index is 10.8. The number of nitrogens with two attached hydrogens (primary N) is 1. The molecule has 74 valence electrons. The van der Waals surface area contributed by atoms with Gasteiger partial charge in [-0.25, -0.2) is 0 Å². The van der Waals surface area contributed by atoms with Gasteiger partial charge in [0.25, 0.3) is 0 Å². The third-order valence-electron chi connectivity index (χ3n) is 2.47. The predicted octanol–water partition coefficient (Wildman–Crippen LogP) is 0.902. The van der Waals surface area contributed by atoms with Gasteiger partial charge in [0.05, 0.1) is 0 Å². The minimum atomic E-state index is -0.270. The Hall–Kier alpha value is -0.830. The van der Waals surface area contributed by atoms with Crippen LogP contribution in [0.15, 0.2) is 11.6 Å². The first kappa shape index (κ1) is 10.3. The van der Waals surface area contributed by atoms with Crippen molar-refractivity contribution in [1.29, 1.82) is 0 Å². The summed E-state index contributed by atoms with van der Waals surface area (Å²) in [5.74, 6) is -0.270. The van der Waals surface area contributed by atoms with Crippen LogP contribution < -0.4 is 5.73 Å². The van der Waals surface area contributed by atoms with E-state index in [0.717, 1.165) is 25.1 Å². The molecule has 1 amide bonds. The number of nitrogens with zero attached hydrogens (tertiary/aromatic N) is 1. The average molecular weight is 182 g/mol. The van der Waals surface area contributed by atoms with Gasteiger partial charge in [-0.05, 0) is 27.2 Å². The first-order valence-electron chi connectivity index (χ1n) is 4.65. The average Bonchev–Trinajstić information content (AvgIpc) is 2.03. The molecule has 0 aromatic rings. The zero-order chi connectivity index (χ0) is 10.1. The van der Waals surface area contributed by atoms with Gasteiger partial charge < -0.3 is 5.73 Å². The number of hydrogen-bond donors (Lipinski definition) is 1. The third kappa shape index (κ3) is 2.56. The largest absolute Gasteiger partial charge is 0.366 e. The summed E-state index contributed by atoms with van der Waals surface area (Å²) in [5.41, 5.74) is 6.15. The van der Waals surface area contributed by atoms with E-state index in [1.54, 1.807) is 0 Å². The number of carbonyl (C=O) groups excluding carboxylic acids is 1. The summed E-state index contributed by atoms with van der Waals surface area (Å²) in [6.07, 6.45) is 2.73. The molecule has 0 saturated heterocycles. The van der Waals surface area contributed by atoms with Gasteiger partial charge in [-0.15, -0.1) is 0 Å². The summed E-state index contributed by atoms with van der Waals surface area (Å²) in [4.78, 5) is 13.2. The minimum absolute atomic E-state index is 0.180. The molecule has 0 unspecified atom stereocenters. The van der Waals surface area contributed by atoms with E-state index in [1.165, 1.54) is 0 Å². The van der Waals surface area contributed by atoms with E-state index in [-0.39, 0.29) is 11.4 Å². The van der Waals surface area contributed by atoms with Gasteiger partial charge in [-0.2, -0.15) is 0 Å². The quantitative estimate of drug-likeness (QED) is 0.655. The van der Waals surface area contributed by atoms with Crippen molar-refractivity contribution in [2.45, 2.75) is 32.7 Å². The smallest absolute Gasteiger partial charge is 0.244 e. The molecule has 0 aliphatic carbocycles. The lowest BCUT2D eigenvalue weighted by Crippen LogP contribution is -2.44. The van der Waals surface area contributed by atoms with E-state index in [2.05, 4.69) is 25.7 Å². The molecule has 3 heteroatoms. The topological polar surface area (TPSA) is 46.3 Å². The summed E-state index contributed by atoms with van der Waals surface area (Å²) in [6.45, 7) is 8.29. The number of carbonyl (C=O) groups is 1. The Bertz CT molecular complexity index is 238. The lowest BCUT2D eigenvalue weighted by Gasteiger charge is -2.37. The molecule has 0 radical (unpaired) electrons. The molecule has 1 aliphatic heterocycles. The summed E-state index contributed by atoms with van der Waals surface area (Å²) in [5, 5.41) is 0. The molecule has 0 bridgehead atoms. The van der Waals surface area contributed by atoms with Crippen molar-refractivity contribution in [2.24, 2.45) is 5.73 Å². The lowest BCUT2D eigenvalue weighted by atomic mass is 10.0. The highest BCUT2D eigenvalue weighted by molar-refractivity contribution is 5.92. The van der Waals surface area contributed by atoms with E-state index in [1.807, 2.05) is 6.08 Å². The Kier molecular flexibility index (Phi) is 2.76. The predicted molar refractivity (Wildman–Crippen MR) is 53.2 cm³/mol. The van der Waals surface area contributed by atoms with Crippen LogP contribution in [0.2, 0.25) is 0 Å². The Balaban J connectivity index is 2.61. The van der Waals surface area contributed by atoms with E-state index in [9.17, 15) is 4.79 Å². The molecular formula is C10H18N2O. The minimum Gasteiger partial charge on any atom is -0.366 e. The fraction of sp³-hybridized carbons (Fsp3) is 0.700. The van der Waals surface area contributed by atoms with E-state index < -0.39 is 0 Å². The van der Waals surface area contributed by atoms with Gasteiger partial charge >= 0.3 is 0 Å². The van der Waals surface area contributed by atoms with E-state index in [0.29, 0.717) is 0 Å².